The summed E-state index contributed by atoms with van der Waals surface area (Å²) < 4.78 is 36.8. The number of rotatable bonds is 1. The van der Waals surface area contributed by atoms with Crippen LogP contribution >= 0.6 is 0 Å². The predicted octanol–water partition coefficient (Wildman–Crippen LogP) is 0.630. The van der Waals surface area contributed by atoms with Crippen LogP contribution in [0.4, 0.5) is 13.2 Å². The van der Waals surface area contributed by atoms with E-state index in [1.165, 1.54) is 0 Å². The third-order valence-corrected chi connectivity index (χ3v) is 2.13. The third-order valence-electron chi connectivity index (χ3n) is 2.13. The third kappa shape index (κ3) is 1.35. The van der Waals surface area contributed by atoms with Crippen LogP contribution < -0.4 is 11.1 Å². The Morgan fingerprint density at radius 1 is 1.45 bits per heavy atom. The van der Waals surface area contributed by atoms with Crippen LogP contribution in [0.2, 0.25) is 0 Å². The molecule has 0 spiro atoms. The molecule has 0 aromatic carbocycles. The maximum Gasteiger partial charge on any atom is 0.407 e. The molecule has 0 bridgehead atoms. The van der Waals surface area contributed by atoms with Gasteiger partial charge in [0.2, 0.25) is 0 Å². The molecule has 0 aromatic rings. The first-order valence-electron chi connectivity index (χ1n) is 3.54. The van der Waals surface area contributed by atoms with Gasteiger partial charge in [0.05, 0.1) is 0 Å². The van der Waals surface area contributed by atoms with E-state index in [4.69, 9.17) is 5.73 Å². The van der Waals surface area contributed by atoms with E-state index in [-0.39, 0.29) is 13.0 Å². The summed E-state index contributed by atoms with van der Waals surface area (Å²) in [6, 6.07) is 0. The maximum atomic E-state index is 12.3. The zero-order chi connectivity index (χ0) is 8.54. The minimum atomic E-state index is -4.21. The fourth-order valence-electron chi connectivity index (χ4n) is 1.34. The summed E-state index contributed by atoms with van der Waals surface area (Å²) in [5.41, 5.74) is 3.27. The summed E-state index contributed by atoms with van der Waals surface area (Å²) in [5, 5.41) is 2.41. The molecule has 0 aliphatic carbocycles. The molecule has 0 saturated carbocycles. The smallest absolute Gasteiger partial charge is 0.328 e. The van der Waals surface area contributed by atoms with Gasteiger partial charge in [-0.2, -0.15) is 13.2 Å². The van der Waals surface area contributed by atoms with Crippen molar-refractivity contribution >= 4 is 0 Å². The summed E-state index contributed by atoms with van der Waals surface area (Å²) >= 11 is 0. The van der Waals surface area contributed by atoms with Crippen molar-refractivity contribution in [3.63, 3.8) is 0 Å². The van der Waals surface area contributed by atoms with E-state index in [9.17, 15) is 13.2 Å². The lowest BCUT2D eigenvalue weighted by atomic mass is 9.97. The van der Waals surface area contributed by atoms with Gasteiger partial charge in [0.15, 0.2) is 0 Å². The first-order valence-corrected chi connectivity index (χ1v) is 3.54. The number of hydrogen-bond acceptors (Lipinski definition) is 2. The van der Waals surface area contributed by atoms with Crippen LogP contribution in [0.25, 0.3) is 0 Å². The average Bonchev–Trinajstić information content (AvgIpc) is 2.33. The van der Waals surface area contributed by atoms with E-state index >= 15 is 0 Å². The number of hydrogen-bond donors (Lipinski definition) is 2. The van der Waals surface area contributed by atoms with E-state index in [0.29, 0.717) is 13.0 Å². The molecule has 1 aliphatic rings. The van der Waals surface area contributed by atoms with Crippen molar-refractivity contribution in [3.05, 3.63) is 0 Å². The van der Waals surface area contributed by atoms with Crippen LogP contribution in [0, 0.1) is 0 Å². The number of alkyl halides is 3. The molecule has 1 fully saturated rings. The summed E-state index contributed by atoms with van der Waals surface area (Å²) in [6.07, 6.45) is -3.55. The Kier molecular flexibility index (Phi) is 2.11. The van der Waals surface area contributed by atoms with Gasteiger partial charge in [-0.3, -0.25) is 0 Å². The Morgan fingerprint density at radius 2 is 2.09 bits per heavy atom. The molecule has 0 radical (unpaired) electrons. The van der Waals surface area contributed by atoms with Gasteiger partial charge in [0.25, 0.3) is 0 Å². The highest BCUT2D eigenvalue weighted by Crippen LogP contribution is 2.35. The van der Waals surface area contributed by atoms with Crippen molar-refractivity contribution in [2.24, 2.45) is 5.73 Å². The molecule has 3 N–H and O–H groups in total. The molecule has 5 heteroatoms. The Bertz CT molecular complexity index is 137. The van der Waals surface area contributed by atoms with Gasteiger partial charge >= 0.3 is 6.18 Å². The second-order valence-corrected chi connectivity index (χ2v) is 2.81. The molecule has 1 saturated heterocycles. The predicted molar refractivity (Wildman–Crippen MR) is 35.1 cm³/mol. The Labute approximate surface area is 62.9 Å². The van der Waals surface area contributed by atoms with E-state index in [0.717, 1.165) is 0 Å². The van der Waals surface area contributed by atoms with Crippen molar-refractivity contribution < 1.29 is 13.2 Å². The SMILES string of the molecule is NCC1(C(F)(F)F)CCCN1. The largest absolute Gasteiger partial charge is 0.407 e. The summed E-state index contributed by atoms with van der Waals surface area (Å²) in [6.45, 7) is 0.0488. The van der Waals surface area contributed by atoms with Gasteiger partial charge in [-0.05, 0) is 19.4 Å². The molecule has 1 rings (SSSR count). The monoisotopic (exact) mass is 168 g/mol. The van der Waals surface area contributed by atoms with Crippen molar-refractivity contribution in [2.45, 2.75) is 24.6 Å². The minimum absolute atomic E-state index is 0.104. The average molecular weight is 168 g/mol. The molecule has 0 amide bonds. The first kappa shape index (κ1) is 8.80. The Morgan fingerprint density at radius 3 is 2.27 bits per heavy atom. The lowest BCUT2D eigenvalue weighted by molar-refractivity contribution is -0.188. The molecule has 1 atom stereocenters. The summed E-state index contributed by atoms with van der Waals surface area (Å²) in [5.74, 6) is 0. The number of halogens is 3. The second-order valence-electron chi connectivity index (χ2n) is 2.81. The van der Waals surface area contributed by atoms with Gasteiger partial charge < -0.3 is 11.1 Å². The maximum absolute atomic E-state index is 12.3. The fourth-order valence-corrected chi connectivity index (χ4v) is 1.34. The number of nitrogens with one attached hydrogen (secondary N) is 1. The van der Waals surface area contributed by atoms with E-state index in [1.807, 2.05) is 0 Å². The Hall–Kier alpha value is -0.290. The van der Waals surface area contributed by atoms with Crippen molar-refractivity contribution in [2.75, 3.05) is 13.1 Å². The highest BCUT2D eigenvalue weighted by atomic mass is 19.4. The molecule has 1 aliphatic heterocycles. The quantitative estimate of drug-likeness (QED) is 0.602. The van der Waals surface area contributed by atoms with Crippen LogP contribution in [0.3, 0.4) is 0 Å². The lowest BCUT2D eigenvalue weighted by Crippen LogP contribution is -2.57. The van der Waals surface area contributed by atoms with E-state index in [1.54, 1.807) is 0 Å². The summed E-state index contributed by atoms with van der Waals surface area (Å²) in [7, 11) is 0. The van der Waals surface area contributed by atoms with Crippen molar-refractivity contribution in [1.29, 1.82) is 0 Å². The van der Waals surface area contributed by atoms with Gasteiger partial charge in [-0.1, -0.05) is 0 Å². The standard InChI is InChI=1S/C6H11F3N2/c7-6(8,9)5(4-10)2-1-3-11-5/h11H,1-4,10H2. The fraction of sp³-hybridized carbons (Fsp3) is 1.00. The first-order chi connectivity index (χ1) is 5.02. The summed E-state index contributed by atoms with van der Waals surface area (Å²) in [4.78, 5) is 0. The highest BCUT2D eigenvalue weighted by Gasteiger charge is 2.54. The molecule has 1 heterocycles. The minimum Gasteiger partial charge on any atom is -0.328 e. The van der Waals surface area contributed by atoms with E-state index in [2.05, 4.69) is 5.32 Å². The molecule has 0 aromatic heterocycles. The van der Waals surface area contributed by atoms with Crippen LogP contribution in [0.5, 0.6) is 0 Å². The molecule has 11 heavy (non-hydrogen) atoms. The van der Waals surface area contributed by atoms with Gasteiger partial charge in [0, 0.05) is 6.54 Å². The number of nitrogens with two attached hydrogens (primary N) is 1. The molecule has 1 unspecified atom stereocenters. The molecular weight excluding hydrogens is 157 g/mol. The van der Waals surface area contributed by atoms with Crippen molar-refractivity contribution in [1.82, 2.24) is 5.32 Å². The van der Waals surface area contributed by atoms with Gasteiger partial charge in [-0.25, -0.2) is 0 Å². The van der Waals surface area contributed by atoms with Crippen LogP contribution in [0.15, 0.2) is 0 Å². The van der Waals surface area contributed by atoms with Crippen LogP contribution in [-0.4, -0.2) is 24.8 Å². The Balaban J connectivity index is 2.75. The topological polar surface area (TPSA) is 38.0 Å². The highest BCUT2D eigenvalue weighted by molar-refractivity contribution is 4.99. The van der Waals surface area contributed by atoms with Crippen molar-refractivity contribution in [3.8, 4) is 0 Å². The van der Waals surface area contributed by atoms with Crippen LogP contribution in [0.1, 0.15) is 12.8 Å². The van der Waals surface area contributed by atoms with Gasteiger partial charge in [-0.15, -0.1) is 0 Å². The second kappa shape index (κ2) is 2.64. The van der Waals surface area contributed by atoms with Gasteiger partial charge in [0.1, 0.15) is 5.54 Å². The van der Waals surface area contributed by atoms with E-state index < -0.39 is 11.7 Å². The molecule has 66 valence electrons. The molecular formula is C6H11F3N2. The lowest BCUT2D eigenvalue weighted by Gasteiger charge is -2.30. The molecule has 2 nitrogen and oxygen atoms in total. The zero-order valence-electron chi connectivity index (χ0n) is 6.04. The van der Waals surface area contributed by atoms with Crippen LogP contribution in [-0.2, 0) is 0 Å². The zero-order valence-corrected chi connectivity index (χ0v) is 6.04. The normalized spacial score (nSPS) is 32.7.